The molecular weight excluding hydrogens is 512 g/mol. The molecule has 3 aromatic rings. The van der Waals surface area contributed by atoms with Crippen LogP contribution in [0.4, 0.5) is 5.69 Å². The Labute approximate surface area is 244 Å². The molecule has 1 aliphatic heterocycles. The fraction of sp³-hybridized carbons (Fsp3) is 0.429. The Balaban J connectivity index is 1.36. The summed E-state index contributed by atoms with van der Waals surface area (Å²) < 4.78 is 12.0. The second-order valence-corrected chi connectivity index (χ2v) is 11.7. The first kappa shape index (κ1) is 28.9. The zero-order valence-corrected chi connectivity index (χ0v) is 24.3. The van der Waals surface area contributed by atoms with Crippen molar-refractivity contribution in [2.75, 3.05) is 11.5 Å². The third-order valence-corrected chi connectivity index (χ3v) is 8.32. The van der Waals surface area contributed by atoms with Crippen LogP contribution in [-0.2, 0) is 27.5 Å². The van der Waals surface area contributed by atoms with Crippen LogP contribution in [0.3, 0.4) is 0 Å². The molecule has 6 nitrogen and oxygen atoms in total. The molecule has 5 rings (SSSR count). The number of ether oxygens (including phenoxy) is 2. The van der Waals surface area contributed by atoms with Crippen LogP contribution >= 0.6 is 0 Å². The van der Waals surface area contributed by atoms with Crippen molar-refractivity contribution in [3.05, 3.63) is 95.6 Å². The second-order valence-electron chi connectivity index (χ2n) is 11.7. The van der Waals surface area contributed by atoms with E-state index in [0.29, 0.717) is 30.6 Å². The summed E-state index contributed by atoms with van der Waals surface area (Å²) in [6.45, 7) is 5.12. The highest BCUT2D eigenvalue weighted by atomic mass is 16.5. The highest BCUT2D eigenvalue weighted by Gasteiger charge is 2.36. The van der Waals surface area contributed by atoms with Crippen LogP contribution in [0.25, 0.3) is 0 Å². The Morgan fingerprint density at radius 3 is 2.37 bits per heavy atom. The maximum atomic E-state index is 14.1. The Bertz CT molecular complexity index is 1290. The summed E-state index contributed by atoms with van der Waals surface area (Å²) in [5.74, 6) is 1.12. The normalized spacial score (nSPS) is 18.4. The number of hydrogen-bond donors (Lipinski definition) is 1. The Kier molecular flexibility index (Phi) is 9.73. The van der Waals surface area contributed by atoms with Crippen molar-refractivity contribution in [1.82, 2.24) is 5.32 Å². The number of amides is 1. The molecule has 1 N–H and O–H groups in total. The molecule has 3 aromatic carbocycles. The zero-order chi connectivity index (χ0) is 28.6. The Hall–Kier alpha value is -3.64. The number of esters is 1. The van der Waals surface area contributed by atoms with Crippen LogP contribution in [0.1, 0.15) is 75.0 Å². The van der Waals surface area contributed by atoms with Crippen molar-refractivity contribution in [1.29, 1.82) is 0 Å². The lowest BCUT2D eigenvalue weighted by Crippen LogP contribution is -2.54. The smallest absolute Gasteiger partial charge is 0.323 e. The summed E-state index contributed by atoms with van der Waals surface area (Å²) in [6, 6.07) is 24.5. The van der Waals surface area contributed by atoms with Gasteiger partial charge in [0.2, 0.25) is 5.91 Å². The number of nitrogens with zero attached hydrogens (tertiary/aromatic N) is 1. The van der Waals surface area contributed by atoms with Crippen LogP contribution in [-0.4, -0.2) is 30.6 Å². The van der Waals surface area contributed by atoms with Crippen molar-refractivity contribution in [3.8, 4) is 5.75 Å². The minimum absolute atomic E-state index is 0.104. The van der Waals surface area contributed by atoms with Crippen molar-refractivity contribution in [2.24, 2.45) is 5.92 Å². The molecule has 6 heteroatoms. The minimum atomic E-state index is -0.685. The van der Waals surface area contributed by atoms with Gasteiger partial charge in [-0.05, 0) is 47.1 Å². The molecule has 1 amide bonds. The highest BCUT2D eigenvalue weighted by molar-refractivity contribution is 5.99. The summed E-state index contributed by atoms with van der Waals surface area (Å²) in [6.07, 6.45) is 6.46. The van der Waals surface area contributed by atoms with Gasteiger partial charge in [0, 0.05) is 0 Å². The molecule has 0 unspecified atom stereocenters. The van der Waals surface area contributed by atoms with Gasteiger partial charge < -0.3 is 14.4 Å². The third kappa shape index (κ3) is 7.56. The minimum Gasteiger partial charge on any atom is -0.489 e. The van der Waals surface area contributed by atoms with E-state index >= 15 is 0 Å². The van der Waals surface area contributed by atoms with Gasteiger partial charge >= 0.3 is 5.97 Å². The second kappa shape index (κ2) is 13.8. The number of para-hydroxylation sites is 2. The number of nitrogens with one attached hydrogen (secondary N) is 1. The SMILES string of the molecule is CC(C)c1ccc(CN2C(=O)[C@@H](N[C@@H](CC3CCCCC3)C(=O)OCc3ccccc3)COc3ccccc32)cc1. The lowest BCUT2D eigenvalue weighted by Gasteiger charge is -2.30. The summed E-state index contributed by atoms with van der Waals surface area (Å²) in [5, 5.41) is 3.41. The van der Waals surface area contributed by atoms with Crippen LogP contribution < -0.4 is 15.0 Å². The molecule has 0 radical (unpaired) electrons. The molecule has 0 bridgehead atoms. The van der Waals surface area contributed by atoms with Gasteiger partial charge in [-0.25, -0.2) is 0 Å². The van der Waals surface area contributed by atoms with E-state index in [1.54, 1.807) is 4.90 Å². The van der Waals surface area contributed by atoms with Crippen molar-refractivity contribution >= 4 is 17.6 Å². The van der Waals surface area contributed by atoms with Crippen LogP contribution in [0, 0.1) is 5.92 Å². The molecule has 1 fully saturated rings. The first-order chi connectivity index (χ1) is 20.0. The van der Waals surface area contributed by atoms with Crippen LogP contribution in [0.2, 0.25) is 0 Å². The molecule has 0 spiro atoms. The number of carbonyl (C=O) groups excluding carboxylic acids is 2. The molecular formula is C35H42N2O4. The van der Waals surface area contributed by atoms with E-state index in [1.807, 2.05) is 54.6 Å². The molecule has 41 heavy (non-hydrogen) atoms. The van der Waals surface area contributed by atoms with Gasteiger partial charge in [-0.2, -0.15) is 0 Å². The molecule has 216 valence electrons. The summed E-state index contributed by atoms with van der Waals surface area (Å²) in [4.78, 5) is 29.4. The maximum Gasteiger partial charge on any atom is 0.323 e. The topological polar surface area (TPSA) is 67.9 Å². The summed E-state index contributed by atoms with van der Waals surface area (Å²) >= 11 is 0. The van der Waals surface area contributed by atoms with E-state index in [1.165, 1.54) is 24.8 Å². The first-order valence-corrected chi connectivity index (χ1v) is 15.1. The van der Waals surface area contributed by atoms with E-state index in [4.69, 9.17) is 9.47 Å². The number of fused-ring (bicyclic) bond motifs is 1. The van der Waals surface area contributed by atoms with Crippen molar-refractivity contribution < 1.29 is 19.1 Å². The number of anilines is 1. The molecule has 1 heterocycles. The van der Waals surface area contributed by atoms with E-state index in [9.17, 15) is 9.59 Å². The average Bonchev–Trinajstić information content (AvgIpc) is 3.13. The zero-order valence-electron chi connectivity index (χ0n) is 24.3. The fourth-order valence-corrected chi connectivity index (χ4v) is 5.89. The molecule has 0 aromatic heterocycles. The van der Waals surface area contributed by atoms with E-state index in [-0.39, 0.29) is 25.1 Å². The summed E-state index contributed by atoms with van der Waals surface area (Å²) in [5.41, 5.74) is 3.99. The third-order valence-electron chi connectivity index (χ3n) is 8.32. The predicted molar refractivity (Wildman–Crippen MR) is 162 cm³/mol. The first-order valence-electron chi connectivity index (χ1n) is 15.1. The lowest BCUT2D eigenvalue weighted by atomic mass is 9.84. The maximum absolute atomic E-state index is 14.1. The molecule has 0 saturated heterocycles. The van der Waals surface area contributed by atoms with Gasteiger partial charge in [-0.3, -0.25) is 14.9 Å². The van der Waals surface area contributed by atoms with Gasteiger partial charge in [-0.15, -0.1) is 0 Å². The number of rotatable bonds is 10. The molecule has 1 aliphatic carbocycles. The van der Waals surface area contributed by atoms with Crippen LogP contribution in [0.5, 0.6) is 5.75 Å². The van der Waals surface area contributed by atoms with Crippen molar-refractivity contribution in [2.45, 2.75) is 83.5 Å². The quantitative estimate of drug-likeness (QED) is 0.280. The summed E-state index contributed by atoms with van der Waals surface area (Å²) in [7, 11) is 0. The number of hydrogen-bond acceptors (Lipinski definition) is 5. The monoisotopic (exact) mass is 554 g/mol. The molecule has 2 atom stereocenters. The highest BCUT2D eigenvalue weighted by Crippen LogP contribution is 2.33. The van der Waals surface area contributed by atoms with Crippen molar-refractivity contribution in [3.63, 3.8) is 0 Å². The van der Waals surface area contributed by atoms with Gasteiger partial charge in [0.05, 0.1) is 12.2 Å². The van der Waals surface area contributed by atoms with E-state index in [2.05, 4.69) is 43.4 Å². The average molecular weight is 555 g/mol. The van der Waals surface area contributed by atoms with E-state index < -0.39 is 12.1 Å². The van der Waals surface area contributed by atoms with Gasteiger partial charge in [0.25, 0.3) is 0 Å². The fourth-order valence-electron chi connectivity index (χ4n) is 5.89. The van der Waals surface area contributed by atoms with E-state index in [0.717, 1.165) is 29.7 Å². The predicted octanol–water partition coefficient (Wildman–Crippen LogP) is 6.78. The lowest BCUT2D eigenvalue weighted by molar-refractivity contribution is -0.148. The van der Waals surface area contributed by atoms with Crippen LogP contribution in [0.15, 0.2) is 78.9 Å². The van der Waals surface area contributed by atoms with Gasteiger partial charge in [0.15, 0.2) is 0 Å². The number of benzene rings is 3. The number of carbonyl (C=O) groups is 2. The largest absolute Gasteiger partial charge is 0.489 e. The molecule has 2 aliphatic rings. The standard InChI is InChI=1S/C35H42N2O4/c1-25(2)29-19-17-27(18-20-29)22-37-32-15-9-10-16-33(32)40-24-31(34(37)38)36-30(21-26-11-5-3-6-12-26)35(39)41-23-28-13-7-4-8-14-28/h4,7-10,13-20,25-26,30-31,36H,3,5-6,11-12,21-24H2,1-2H3/t30-,31-/m0/s1. The van der Waals surface area contributed by atoms with Gasteiger partial charge in [0.1, 0.15) is 31.0 Å². The Morgan fingerprint density at radius 1 is 0.927 bits per heavy atom. The molecule has 1 saturated carbocycles. The Morgan fingerprint density at radius 2 is 1.63 bits per heavy atom. The van der Waals surface area contributed by atoms with Gasteiger partial charge in [-0.1, -0.05) is 113 Å².